The molecule has 2 atom stereocenters. The van der Waals surface area contributed by atoms with Crippen LogP contribution in [0, 0.1) is 5.92 Å². The molecule has 0 aliphatic rings. The van der Waals surface area contributed by atoms with Crippen molar-refractivity contribution in [3.63, 3.8) is 0 Å². The average Bonchev–Trinajstić information content (AvgIpc) is 1.85. The highest BCUT2D eigenvalue weighted by atomic mass is 16.5. The van der Waals surface area contributed by atoms with E-state index in [1.54, 1.807) is 7.11 Å². The molecule has 0 aliphatic carbocycles. The van der Waals surface area contributed by atoms with Crippen LogP contribution in [-0.2, 0) is 4.74 Å². The minimum atomic E-state index is -0.204. The first-order valence-corrected chi connectivity index (χ1v) is 4.27. The summed E-state index contributed by atoms with van der Waals surface area (Å²) in [7, 11) is 1.67. The number of ether oxygens (including phenoxy) is 1. The van der Waals surface area contributed by atoms with Crippen molar-refractivity contribution >= 4 is 0 Å². The van der Waals surface area contributed by atoms with Gasteiger partial charge in [-0.1, -0.05) is 13.8 Å². The molecule has 0 heterocycles. The fraction of sp³-hybridized carbons (Fsp3) is 1.00. The van der Waals surface area contributed by atoms with E-state index in [2.05, 4.69) is 13.8 Å². The Labute approximate surface area is 69.6 Å². The quantitative estimate of drug-likeness (QED) is 0.664. The Kier molecular flexibility index (Phi) is 5.51. The number of hydrogen-bond acceptors (Lipinski definition) is 2. The van der Waals surface area contributed by atoms with Crippen molar-refractivity contribution in [2.75, 3.05) is 7.11 Å². The van der Waals surface area contributed by atoms with E-state index in [1.807, 2.05) is 6.92 Å². The molecule has 0 bridgehead atoms. The van der Waals surface area contributed by atoms with Crippen molar-refractivity contribution in [2.24, 2.45) is 5.92 Å². The Morgan fingerprint density at radius 1 is 1.18 bits per heavy atom. The third-order valence-corrected chi connectivity index (χ3v) is 1.75. The molecule has 0 saturated heterocycles. The monoisotopic (exact) mass is 160 g/mol. The van der Waals surface area contributed by atoms with Crippen molar-refractivity contribution in [1.82, 2.24) is 0 Å². The first kappa shape index (κ1) is 10.9. The largest absolute Gasteiger partial charge is 0.393 e. The number of methoxy groups -OCH3 is 1. The van der Waals surface area contributed by atoms with Crippen molar-refractivity contribution in [2.45, 2.75) is 45.8 Å². The van der Waals surface area contributed by atoms with Gasteiger partial charge < -0.3 is 9.84 Å². The van der Waals surface area contributed by atoms with Gasteiger partial charge in [0.2, 0.25) is 0 Å². The molecular formula is C9H20O2. The first-order chi connectivity index (χ1) is 5.06. The van der Waals surface area contributed by atoms with Crippen molar-refractivity contribution in [3.8, 4) is 0 Å². The Balaban J connectivity index is 3.43. The molecule has 2 nitrogen and oxygen atoms in total. The van der Waals surface area contributed by atoms with Crippen LogP contribution in [0.15, 0.2) is 0 Å². The molecule has 1 N–H and O–H groups in total. The second-order valence-electron chi connectivity index (χ2n) is 3.57. The van der Waals surface area contributed by atoms with Gasteiger partial charge in [0.1, 0.15) is 0 Å². The van der Waals surface area contributed by atoms with Crippen LogP contribution in [0.25, 0.3) is 0 Å². The highest BCUT2D eigenvalue weighted by Gasteiger charge is 2.10. The predicted octanol–water partition coefficient (Wildman–Crippen LogP) is 1.82. The predicted molar refractivity (Wildman–Crippen MR) is 46.5 cm³/mol. The summed E-state index contributed by atoms with van der Waals surface area (Å²) in [6, 6.07) is 0. The third-order valence-electron chi connectivity index (χ3n) is 1.75. The molecule has 0 amide bonds. The SMILES string of the molecule is COC(C)CC(O)CC(C)C. The van der Waals surface area contributed by atoms with Crippen molar-refractivity contribution in [1.29, 1.82) is 0 Å². The highest BCUT2D eigenvalue weighted by Crippen LogP contribution is 2.10. The Morgan fingerprint density at radius 3 is 2.09 bits per heavy atom. The van der Waals surface area contributed by atoms with Gasteiger partial charge in [-0.05, 0) is 25.7 Å². The molecule has 0 aliphatic heterocycles. The summed E-state index contributed by atoms with van der Waals surface area (Å²) < 4.78 is 5.04. The average molecular weight is 160 g/mol. The van der Waals surface area contributed by atoms with Crippen LogP contribution >= 0.6 is 0 Å². The molecular weight excluding hydrogens is 140 g/mol. The third kappa shape index (κ3) is 6.32. The van der Waals surface area contributed by atoms with E-state index < -0.39 is 0 Å². The topological polar surface area (TPSA) is 29.5 Å². The lowest BCUT2D eigenvalue weighted by molar-refractivity contribution is 0.0478. The first-order valence-electron chi connectivity index (χ1n) is 4.27. The zero-order valence-electron chi connectivity index (χ0n) is 8.00. The zero-order chi connectivity index (χ0) is 8.85. The maximum absolute atomic E-state index is 9.44. The lowest BCUT2D eigenvalue weighted by Crippen LogP contribution is -2.18. The van der Waals surface area contributed by atoms with Gasteiger partial charge in [-0.25, -0.2) is 0 Å². The van der Waals surface area contributed by atoms with Gasteiger partial charge in [0.05, 0.1) is 12.2 Å². The maximum atomic E-state index is 9.44. The Hall–Kier alpha value is -0.0800. The van der Waals surface area contributed by atoms with Gasteiger partial charge in [-0.3, -0.25) is 0 Å². The van der Waals surface area contributed by atoms with Crippen molar-refractivity contribution in [3.05, 3.63) is 0 Å². The maximum Gasteiger partial charge on any atom is 0.0567 e. The summed E-state index contributed by atoms with van der Waals surface area (Å²) in [6.07, 6.45) is 1.58. The van der Waals surface area contributed by atoms with Gasteiger partial charge in [0.15, 0.2) is 0 Å². The molecule has 0 saturated carbocycles. The summed E-state index contributed by atoms with van der Waals surface area (Å²) in [4.78, 5) is 0. The fourth-order valence-electron chi connectivity index (χ4n) is 1.12. The van der Waals surface area contributed by atoms with Crippen LogP contribution in [0.3, 0.4) is 0 Å². The van der Waals surface area contributed by atoms with E-state index in [0.29, 0.717) is 5.92 Å². The van der Waals surface area contributed by atoms with Crippen LogP contribution in [0.1, 0.15) is 33.6 Å². The lowest BCUT2D eigenvalue weighted by Gasteiger charge is -2.16. The molecule has 0 aromatic heterocycles. The fourth-order valence-corrected chi connectivity index (χ4v) is 1.12. The second-order valence-corrected chi connectivity index (χ2v) is 3.57. The smallest absolute Gasteiger partial charge is 0.0567 e. The number of aliphatic hydroxyl groups excluding tert-OH is 1. The van der Waals surface area contributed by atoms with Gasteiger partial charge >= 0.3 is 0 Å². The number of rotatable bonds is 5. The van der Waals surface area contributed by atoms with Gasteiger partial charge in [0, 0.05) is 7.11 Å². The van der Waals surface area contributed by atoms with Crippen molar-refractivity contribution < 1.29 is 9.84 Å². The second kappa shape index (κ2) is 5.56. The van der Waals surface area contributed by atoms with E-state index in [1.165, 1.54) is 0 Å². The van der Waals surface area contributed by atoms with Gasteiger partial charge in [-0.15, -0.1) is 0 Å². The van der Waals surface area contributed by atoms with Crippen LogP contribution in [0.4, 0.5) is 0 Å². The lowest BCUT2D eigenvalue weighted by atomic mass is 10.0. The molecule has 2 heteroatoms. The summed E-state index contributed by atoms with van der Waals surface area (Å²) in [5, 5.41) is 9.44. The molecule has 0 radical (unpaired) electrons. The van der Waals surface area contributed by atoms with E-state index in [-0.39, 0.29) is 12.2 Å². The Morgan fingerprint density at radius 2 is 1.73 bits per heavy atom. The zero-order valence-corrected chi connectivity index (χ0v) is 8.00. The van der Waals surface area contributed by atoms with Gasteiger partial charge in [-0.2, -0.15) is 0 Å². The van der Waals surface area contributed by atoms with Crippen LogP contribution in [0.2, 0.25) is 0 Å². The van der Waals surface area contributed by atoms with E-state index >= 15 is 0 Å². The molecule has 0 fully saturated rings. The summed E-state index contributed by atoms with van der Waals surface area (Å²) in [6.45, 7) is 6.20. The minimum Gasteiger partial charge on any atom is -0.393 e. The van der Waals surface area contributed by atoms with E-state index in [4.69, 9.17) is 4.74 Å². The summed E-state index contributed by atoms with van der Waals surface area (Å²) in [5.74, 6) is 0.564. The molecule has 0 spiro atoms. The molecule has 0 rings (SSSR count). The number of aliphatic hydroxyl groups is 1. The molecule has 68 valence electrons. The van der Waals surface area contributed by atoms with E-state index in [0.717, 1.165) is 12.8 Å². The summed E-state index contributed by atoms with van der Waals surface area (Å²) >= 11 is 0. The number of hydrogen-bond donors (Lipinski definition) is 1. The minimum absolute atomic E-state index is 0.170. The van der Waals surface area contributed by atoms with E-state index in [9.17, 15) is 5.11 Å². The standard InChI is InChI=1S/C9H20O2/c1-7(2)5-9(10)6-8(3)11-4/h7-10H,5-6H2,1-4H3. The van der Waals surface area contributed by atoms with Crippen LogP contribution < -0.4 is 0 Å². The highest BCUT2D eigenvalue weighted by molar-refractivity contribution is 4.62. The van der Waals surface area contributed by atoms with Crippen LogP contribution in [-0.4, -0.2) is 24.4 Å². The van der Waals surface area contributed by atoms with Crippen LogP contribution in [0.5, 0.6) is 0 Å². The molecule has 0 aromatic rings. The summed E-state index contributed by atoms with van der Waals surface area (Å²) in [5.41, 5.74) is 0. The normalized spacial score (nSPS) is 16.9. The molecule has 11 heavy (non-hydrogen) atoms. The van der Waals surface area contributed by atoms with Gasteiger partial charge in [0.25, 0.3) is 0 Å². The Bertz CT molecular complexity index is 91.6. The molecule has 0 aromatic carbocycles. The molecule has 2 unspecified atom stereocenters.